The van der Waals surface area contributed by atoms with Gasteiger partial charge in [-0.2, -0.15) is 9.41 Å². The molecule has 0 spiro atoms. The van der Waals surface area contributed by atoms with Gasteiger partial charge in [-0.15, -0.1) is 5.10 Å². The summed E-state index contributed by atoms with van der Waals surface area (Å²) in [6, 6.07) is 24.0. The Morgan fingerprint density at radius 2 is 1.74 bits per heavy atom. The molecule has 9 heteroatoms. The third-order valence-corrected chi connectivity index (χ3v) is 6.95. The first-order valence-corrected chi connectivity index (χ1v) is 13.1. The summed E-state index contributed by atoms with van der Waals surface area (Å²) in [4.78, 5) is 9.93. The molecule has 0 unspecified atom stereocenters. The van der Waals surface area contributed by atoms with E-state index < -0.39 is 0 Å². The molecule has 9 nitrogen and oxygen atoms in total. The number of tetrazole rings is 1. The van der Waals surface area contributed by atoms with Gasteiger partial charge in [-0.3, -0.25) is 0 Å². The number of benzene rings is 2. The van der Waals surface area contributed by atoms with Crippen LogP contribution in [0, 0.1) is 12.1 Å². The lowest BCUT2D eigenvalue weighted by Gasteiger charge is -2.12. The molecule has 0 aliphatic carbocycles. The Balaban J connectivity index is 1.36. The van der Waals surface area contributed by atoms with Crippen LogP contribution in [0.3, 0.4) is 0 Å². The molecule has 6 rings (SSSR count). The zero-order chi connectivity index (χ0) is 26.8. The highest BCUT2D eigenvalue weighted by Crippen LogP contribution is 2.28. The summed E-state index contributed by atoms with van der Waals surface area (Å²) in [5.41, 5.74) is 8.03. The molecule has 39 heavy (non-hydrogen) atoms. The molecule has 0 N–H and O–H groups in total. The molecule has 0 fully saturated rings. The van der Waals surface area contributed by atoms with E-state index in [2.05, 4.69) is 57.3 Å². The minimum absolute atomic E-state index is 0.576. The Kier molecular flexibility index (Phi) is 6.54. The largest absolute Gasteiger partial charge is 0.618 e. The van der Waals surface area contributed by atoms with Gasteiger partial charge in [0.1, 0.15) is 17.7 Å². The Labute approximate surface area is 226 Å². The second-order valence-corrected chi connectivity index (χ2v) is 9.56. The SMILES string of the molecule is CCCCc1nc2cc(-c3cccc[n+]3[O-])c(C)nc2n1Cc1ccc(-c2ccccc2-n2cnnn2)cc1. The number of aryl methyl sites for hydroxylation is 2. The smallest absolute Gasteiger partial charge is 0.225 e. The van der Waals surface area contributed by atoms with Crippen LogP contribution in [0.15, 0.2) is 85.3 Å². The van der Waals surface area contributed by atoms with Crippen molar-refractivity contribution in [2.45, 2.75) is 39.7 Å². The van der Waals surface area contributed by atoms with E-state index in [0.717, 1.165) is 74.6 Å². The topological polar surface area (TPSA) is 101 Å². The monoisotopic (exact) mass is 516 g/mol. The molecule has 0 aliphatic rings. The number of para-hydroxylation sites is 1. The van der Waals surface area contributed by atoms with Crippen molar-refractivity contribution in [1.29, 1.82) is 0 Å². The minimum Gasteiger partial charge on any atom is -0.618 e. The Morgan fingerprint density at radius 3 is 2.51 bits per heavy atom. The van der Waals surface area contributed by atoms with Gasteiger partial charge in [-0.05, 0) is 53.1 Å². The standard InChI is InChI=1S/C30H28N8O/c1-3-4-12-29-33-26-18-25(28-11-7-8-17-38(28)39)21(2)32-30(26)36(29)19-22-13-15-23(16-14-22)24-9-5-6-10-27(24)37-20-31-34-35-37/h5-11,13-18,20H,3-4,12,19H2,1-2H3. The van der Waals surface area contributed by atoms with Crippen molar-refractivity contribution in [3.63, 3.8) is 0 Å². The third-order valence-electron chi connectivity index (χ3n) is 6.95. The molecule has 0 amide bonds. The van der Waals surface area contributed by atoms with Crippen molar-refractivity contribution in [2.75, 3.05) is 0 Å². The van der Waals surface area contributed by atoms with E-state index >= 15 is 0 Å². The van der Waals surface area contributed by atoms with Crippen molar-refractivity contribution >= 4 is 11.2 Å². The number of hydrogen-bond acceptors (Lipinski definition) is 6. The van der Waals surface area contributed by atoms with Crippen LogP contribution >= 0.6 is 0 Å². The van der Waals surface area contributed by atoms with E-state index in [0.29, 0.717) is 12.2 Å². The lowest BCUT2D eigenvalue weighted by molar-refractivity contribution is -0.593. The Bertz CT molecular complexity index is 1740. The van der Waals surface area contributed by atoms with Gasteiger partial charge in [0.05, 0.1) is 23.5 Å². The number of imidazole rings is 1. The number of pyridine rings is 2. The van der Waals surface area contributed by atoms with Crippen LogP contribution in [-0.2, 0) is 13.0 Å². The van der Waals surface area contributed by atoms with Crippen LogP contribution < -0.4 is 4.73 Å². The summed E-state index contributed by atoms with van der Waals surface area (Å²) in [5, 5.41) is 24.0. The van der Waals surface area contributed by atoms with E-state index in [1.54, 1.807) is 17.1 Å². The van der Waals surface area contributed by atoms with Gasteiger partial charge in [0.25, 0.3) is 0 Å². The quantitative estimate of drug-likeness (QED) is 0.207. The van der Waals surface area contributed by atoms with E-state index in [1.165, 1.54) is 6.20 Å². The average molecular weight is 517 g/mol. The minimum atomic E-state index is 0.576. The summed E-state index contributed by atoms with van der Waals surface area (Å²) in [5.74, 6) is 1.01. The zero-order valence-corrected chi connectivity index (χ0v) is 21.9. The van der Waals surface area contributed by atoms with Crippen LogP contribution in [0.4, 0.5) is 0 Å². The molecule has 0 aliphatic heterocycles. The summed E-state index contributed by atoms with van der Waals surface area (Å²) in [6.07, 6.45) is 6.10. The second kappa shape index (κ2) is 10.4. The maximum absolute atomic E-state index is 12.4. The summed E-state index contributed by atoms with van der Waals surface area (Å²) in [6.45, 7) is 4.78. The number of aromatic nitrogens is 8. The molecule has 6 aromatic rings. The molecule has 4 aromatic heterocycles. The predicted octanol–water partition coefficient (Wildman–Crippen LogP) is 5.07. The van der Waals surface area contributed by atoms with Gasteiger partial charge in [0, 0.05) is 24.1 Å². The van der Waals surface area contributed by atoms with Crippen LogP contribution in [0.25, 0.3) is 39.2 Å². The molecule has 0 atom stereocenters. The lowest BCUT2D eigenvalue weighted by Crippen LogP contribution is -2.28. The zero-order valence-electron chi connectivity index (χ0n) is 21.9. The van der Waals surface area contributed by atoms with Crippen molar-refractivity contribution < 1.29 is 4.73 Å². The van der Waals surface area contributed by atoms with Crippen LogP contribution in [0.2, 0.25) is 0 Å². The summed E-state index contributed by atoms with van der Waals surface area (Å²) in [7, 11) is 0. The highest BCUT2D eigenvalue weighted by molar-refractivity contribution is 5.79. The van der Waals surface area contributed by atoms with Crippen LogP contribution in [0.5, 0.6) is 0 Å². The molecule has 0 saturated carbocycles. The Morgan fingerprint density at radius 1 is 0.923 bits per heavy atom. The van der Waals surface area contributed by atoms with Gasteiger partial charge in [-0.25, -0.2) is 9.97 Å². The lowest BCUT2D eigenvalue weighted by atomic mass is 10.0. The first-order valence-electron chi connectivity index (χ1n) is 13.1. The molecule has 2 aromatic carbocycles. The fourth-order valence-corrected chi connectivity index (χ4v) is 4.93. The van der Waals surface area contributed by atoms with Crippen molar-refractivity contribution in [3.8, 4) is 28.1 Å². The van der Waals surface area contributed by atoms with Crippen LogP contribution in [0.1, 0.15) is 36.8 Å². The van der Waals surface area contributed by atoms with Gasteiger partial charge in [-0.1, -0.05) is 55.8 Å². The van der Waals surface area contributed by atoms with E-state index in [4.69, 9.17) is 9.97 Å². The van der Waals surface area contributed by atoms with Crippen molar-refractivity contribution in [2.24, 2.45) is 0 Å². The molecule has 194 valence electrons. The van der Waals surface area contributed by atoms with Crippen molar-refractivity contribution in [3.05, 3.63) is 108 Å². The third kappa shape index (κ3) is 4.74. The molecular formula is C30H28N8O. The van der Waals surface area contributed by atoms with Crippen molar-refractivity contribution in [1.82, 2.24) is 34.7 Å². The maximum atomic E-state index is 12.4. The molecule has 0 radical (unpaired) electrons. The van der Waals surface area contributed by atoms with Crippen LogP contribution in [-0.4, -0.2) is 34.7 Å². The normalized spacial score (nSPS) is 11.3. The number of nitrogens with zero attached hydrogens (tertiary/aromatic N) is 8. The first-order chi connectivity index (χ1) is 19.1. The van der Waals surface area contributed by atoms with Gasteiger partial charge in [0.15, 0.2) is 11.8 Å². The Hall–Kier alpha value is -4.92. The molecule has 0 saturated heterocycles. The number of hydrogen-bond donors (Lipinski definition) is 0. The number of fused-ring (bicyclic) bond motifs is 1. The first kappa shape index (κ1) is 24.4. The molecular weight excluding hydrogens is 488 g/mol. The fourth-order valence-electron chi connectivity index (χ4n) is 4.93. The summed E-state index contributed by atoms with van der Waals surface area (Å²) >= 11 is 0. The van der Waals surface area contributed by atoms with Gasteiger partial charge in [0.2, 0.25) is 5.69 Å². The predicted molar refractivity (Wildman–Crippen MR) is 149 cm³/mol. The van der Waals surface area contributed by atoms with E-state index in [-0.39, 0.29) is 0 Å². The molecule has 4 heterocycles. The van der Waals surface area contributed by atoms with E-state index in [1.807, 2.05) is 43.3 Å². The maximum Gasteiger partial charge on any atom is 0.225 e. The van der Waals surface area contributed by atoms with E-state index in [9.17, 15) is 5.21 Å². The highest BCUT2D eigenvalue weighted by Gasteiger charge is 2.19. The molecule has 0 bridgehead atoms. The highest BCUT2D eigenvalue weighted by atomic mass is 16.5. The van der Waals surface area contributed by atoms with Gasteiger partial charge < -0.3 is 9.77 Å². The average Bonchev–Trinajstić information content (AvgIpc) is 3.61. The number of rotatable bonds is 8. The number of unbranched alkanes of at least 4 members (excludes halogenated alkanes) is 1. The van der Waals surface area contributed by atoms with Gasteiger partial charge >= 0.3 is 0 Å². The summed E-state index contributed by atoms with van der Waals surface area (Å²) < 4.78 is 4.76. The second-order valence-electron chi connectivity index (χ2n) is 9.56. The fraction of sp³-hybridized carbons (Fsp3) is 0.200.